The molecule has 0 rings (SSSR count). The lowest BCUT2D eigenvalue weighted by Gasteiger charge is -2.21. The molecule has 6 amide bonds. The van der Waals surface area contributed by atoms with E-state index >= 15 is 0 Å². The van der Waals surface area contributed by atoms with Gasteiger partial charge in [0.05, 0.1) is 26.4 Å². The fourth-order valence-corrected chi connectivity index (χ4v) is 7.59. The van der Waals surface area contributed by atoms with Crippen LogP contribution in [0.15, 0.2) is 0 Å². The van der Waals surface area contributed by atoms with Crippen LogP contribution in [0.3, 0.4) is 0 Å². The van der Waals surface area contributed by atoms with Crippen molar-refractivity contribution in [3.05, 3.63) is 0 Å². The normalized spacial score (nSPS) is 12.5. The maximum absolute atomic E-state index is 13.2. The summed E-state index contributed by atoms with van der Waals surface area (Å²) >= 11 is 0. The number of ether oxygens (including phenoxy) is 4. The van der Waals surface area contributed by atoms with E-state index in [0.717, 1.165) is 47.3 Å². The van der Waals surface area contributed by atoms with E-state index in [1.165, 1.54) is 0 Å². The number of hydrogen-bond acceptors (Lipinski definition) is 16. The van der Waals surface area contributed by atoms with Crippen LogP contribution in [0.4, 0.5) is 0 Å². The van der Waals surface area contributed by atoms with Crippen molar-refractivity contribution in [1.82, 2.24) is 31.9 Å². The maximum atomic E-state index is 13.2. The van der Waals surface area contributed by atoms with Crippen LogP contribution in [-0.2, 0) is 66.9 Å². The highest BCUT2D eigenvalue weighted by Gasteiger charge is 2.28. The summed E-state index contributed by atoms with van der Waals surface area (Å²) in [5.41, 5.74) is 0. The van der Waals surface area contributed by atoms with Crippen LogP contribution in [0.25, 0.3) is 0 Å². The summed E-state index contributed by atoms with van der Waals surface area (Å²) in [7, 11) is 2.08. The van der Waals surface area contributed by atoms with Gasteiger partial charge < -0.3 is 50.8 Å². The average Bonchev–Trinajstić information content (AvgIpc) is 3.23. The first-order chi connectivity index (χ1) is 29.6. The van der Waals surface area contributed by atoms with E-state index in [1.54, 1.807) is 27.7 Å². The zero-order valence-corrected chi connectivity index (χ0v) is 38.6. The second-order valence-electron chi connectivity index (χ2n) is 13.6. The first kappa shape index (κ1) is 57.4. The van der Waals surface area contributed by atoms with Gasteiger partial charge in [-0.1, -0.05) is 61.1 Å². The molecule has 0 aliphatic rings. The first-order valence-corrected chi connectivity index (χ1v) is 23.8. The molecule has 0 aromatic carbocycles. The summed E-state index contributed by atoms with van der Waals surface area (Å²) in [5, 5.41) is 15.2. The smallest absolute Gasteiger partial charge is 0.328 e. The van der Waals surface area contributed by atoms with Crippen LogP contribution in [0, 0.1) is 0 Å². The molecule has 0 fully saturated rings. The fraction of sp³-hybridized carbons (Fsp3) is 0.750. The molecule has 0 aromatic heterocycles. The molecule has 0 spiro atoms. The summed E-state index contributed by atoms with van der Waals surface area (Å²) in [6.45, 7) is 9.65. The van der Waals surface area contributed by atoms with Crippen LogP contribution in [0.5, 0.6) is 0 Å². The third kappa shape index (κ3) is 28.1. The molecule has 4 unspecified atom stereocenters. The predicted octanol–water partition coefficient (Wildman–Crippen LogP) is 1.51. The van der Waals surface area contributed by atoms with E-state index in [4.69, 9.17) is 18.9 Å². The third-order valence-corrected chi connectivity index (χ3v) is 10.9. The van der Waals surface area contributed by atoms with Gasteiger partial charge >= 0.3 is 23.9 Å². The van der Waals surface area contributed by atoms with Crippen molar-refractivity contribution in [3.63, 3.8) is 0 Å². The van der Waals surface area contributed by atoms with Gasteiger partial charge in [-0.25, -0.2) is 9.59 Å². The standard InChI is InChI=1S/C40H68N6O14S2/c1-7-13-15-17-31(47)43-27(39(55)59-11-5)19-21-33(49)45-29(37(53)41-23-35(51)57-9-3)25-61-62-26-30(38(54)42-24-36(52)58-10-4)46-34(50)22-20-28(40(56)60-12-6)44-32(48)18-16-14-8-2/h27-30H,7-26H2,1-6H3,(H,41,53)(H,42,54)(H,43,47)(H,44,48)(H,45,49)(H,46,50). The van der Waals surface area contributed by atoms with Gasteiger partial charge in [0.1, 0.15) is 37.3 Å². The molecule has 0 aliphatic heterocycles. The number of amides is 6. The Morgan fingerprint density at radius 3 is 1.06 bits per heavy atom. The molecule has 0 saturated carbocycles. The molecule has 20 nitrogen and oxygen atoms in total. The van der Waals surface area contributed by atoms with Crippen LogP contribution < -0.4 is 31.9 Å². The number of carbonyl (C=O) groups excluding carboxylic acids is 10. The van der Waals surface area contributed by atoms with Gasteiger partial charge in [0.15, 0.2) is 0 Å². The molecule has 0 saturated heterocycles. The second-order valence-corrected chi connectivity index (χ2v) is 16.1. The third-order valence-electron chi connectivity index (χ3n) is 8.43. The summed E-state index contributed by atoms with van der Waals surface area (Å²) in [4.78, 5) is 127. The minimum atomic E-state index is -1.23. The lowest BCUT2D eigenvalue weighted by molar-refractivity contribution is -0.148. The quantitative estimate of drug-likeness (QED) is 0.0228. The van der Waals surface area contributed by atoms with E-state index in [0.29, 0.717) is 12.8 Å². The van der Waals surface area contributed by atoms with E-state index in [1.807, 2.05) is 13.8 Å². The predicted molar refractivity (Wildman–Crippen MR) is 232 cm³/mol. The molecular formula is C40H68N6O14S2. The van der Waals surface area contributed by atoms with E-state index < -0.39 is 84.8 Å². The highest BCUT2D eigenvalue weighted by molar-refractivity contribution is 8.76. The van der Waals surface area contributed by atoms with Crippen molar-refractivity contribution < 1.29 is 66.9 Å². The van der Waals surface area contributed by atoms with Crippen LogP contribution in [-0.4, -0.2) is 135 Å². The SMILES string of the molecule is CCCCCC(=O)NC(CCC(=O)NC(CSSCC(NC(=O)CCC(NC(=O)CCCCC)C(=O)OCC)C(=O)NCC(=O)OCC)C(=O)NCC(=O)OCC)C(=O)OCC. The summed E-state index contributed by atoms with van der Waals surface area (Å²) in [5.74, 6) is -6.58. The number of hydrogen-bond donors (Lipinski definition) is 6. The minimum Gasteiger partial charge on any atom is -0.465 e. The van der Waals surface area contributed by atoms with Gasteiger partial charge in [-0.05, 0) is 53.4 Å². The highest BCUT2D eigenvalue weighted by atomic mass is 33.1. The van der Waals surface area contributed by atoms with Gasteiger partial charge in [0, 0.05) is 37.2 Å². The maximum Gasteiger partial charge on any atom is 0.328 e. The van der Waals surface area contributed by atoms with E-state index in [-0.39, 0.29) is 88.3 Å². The Kier molecular flexibility index (Phi) is 33.3. The molecule has 0 aliphatic carbocycles. The van der Waals surface area contributed by atoms with Crippen molar-refractivity contribution in [3.8, 4) is 0 Å². The molecule has 4 atom stereocenters. The van der Waals surface area contributed by atoms with Crippen LogP contribution in [0.2, 0.25) is 0 Å². The van der Waals surface area contributed by atoms with Crippen molar-refractivity contribution >= 4 is 80.9 Å². The van der Waals surface area contributed by atoms with Crippen molar-refractivity contribution in [2.75, 3.05) is 51.0 Å². The number of esters is 4. The molecule has 0 aromatic rings. The van der Waals surface area contributed by atoms with Crippen LogP contribution >= 0.6 is 21.6 Å². The summed E-state index contributed by atoms with van der Waals surface area (Å²) < 4.78 is 19.9. The molecule has 0 heterocycles. The average molecular weight is 921 g/mol. The zero-order chi connectivity index (χ0) is 46.7. The van der Waals surface area contributed by atoms with E-state index in [9.17, 15) is 47.9 Å². The highest BCUT2D eigenvalue weighted by Crippen LogP contribution is 2.23. The Hall–Kier alpha value is -4.60. The number of rotatable bonds is 35. The fourth-order valence-electron chi connectivity index (χ4n) is 5.26. The van der Waals surface area contributed by atoms with Gasteiger partial charge in [0.25, 0.3) is 0 Å². The van der Waals surface area contributed by atoms with Crippen molar-refractivity contribution in [1.29, 1.82) is 0 Å². The van der Waals surface area contributed by atoms with Crippen molar-refractivity contribution in [2.24, 2.45) is 0 Å². The van der Waals surface area contributed by atoms with Crippen LogP contribution in [0.1, 0.15) is 119 Å². The lowest BCUT2D eigenvalue weighted by Crippen LogP contribution is -2.50. The topological polar surface area (TPSA) is 280 Å². The number of unbranched alkanes of at least 4 members (excludes halogenated alkanes) is 4. The second kappa shape index (κ2) is 35.9. The minimum absolute atomic E-state index is 0.0529. The Labute approximate surface area is 372 Å². The monoisotopic (exact) mass is 920 g/mol. The first-order valence-electron chi connectivity index (χ1n) is 21.3. The number of nitrogens with one attached hydrogen (secondary N) is 6. The summed E-state index contributed by atoms with van der Waals surface area (Å²) in [6.07, 6.45) is 4.26. The van der Waals surface area contributed by atoms with Gasteiger partial charge in [-0.3, -0.25) is 38.4 Å². The van der Waals surface area contributed by atoms with Gasteiger partial charge in [-0.15, -0.1) is 0 Å². The molecule has 6 N–H and O–H groups in total. The Morgan fingerprint density at radius 1 is 0.419 bits per heavy atom. The van der Waals surface area contributed by atoms with Gasteiger partial charge in [-0.2, -0.15) is 0 Å². The molecule has 0 radical (unpaired) electrons. The Bertz CT molecular complexity index is 1340. The number of carbonyl (C=O) groups is 10. The Balaban J connectivity index is 5.90. The molecule has 0 bridgehead atoms. The Morgan fingerprint density at radius 2 is 0.742 bits per heavy atom. The largest absolute Gasteiger partial charge is 0.465 e. The zero-order valence-electron chi connectivity index (χ0n) is 37.0. The molecule has 354 valence electrons. The van der Waals surface area contributed by atoms with Crippen molar-refractivity contribution in [2.45, 2.75) is 143 Å². The van der Waals surface area contributed by atoms with Gasteiger partial charge in [0.2, 0.25) is 35.4 Å². The molecule has 22 heteroatoms. The molecular weight excluding hydrogens is 853 g/mol. The van der Waals surface area contributed by atoms with E-state index in [2.05, 4.69) is 31.9 Å². The lowest BCUT2D eigenvalue weighted by atomic mass is 10.1. The molecule has 62 heavy (non-hydrogen) atoms. The summed E-state index contributed by atoms with van der Waals surface area (Å²) in [6, 6.07) is -4.69.